The highest BCUT2D eigenvalue weighted by Crippen LogP contribution is 2.18. The monoisotopic (exact) mass is 272 g/mol. The third kappa shape index (κ3) is 3.18. The zero-order valence-corrected chi connectivity index (χ0v) is 11.2. The standard InChI is InChI=1S/C15H17FN4/c16-14-3-1-2-12(8-14)13-9-18-15(19-10-13)11-20-6-4-17-5-7-20/h1-3,8-10,17H,4-7,11H2. The van der Waals surface area contributed by atoms with Gasteiger partial charge in [0.2, 0.25) is 0 Å². The second kappa shape index (κ2) is 6.07. The number of hydrogen-bond donors (Lipinski definition) is 1. The molecule has 1 N–H and O–H groups in total. The van der Waals surface area contributed by atoms with Crippen LogP contribution in [0.3, 0.4) is 0 Å². The number of nitrogens with zero attached hydrogens (tertiary/aromatic N) is 3. The summed E-state index contributed by atoms with van der Waals surface area (Å²) >= 11 is 0. The Morgan fingerprint density at radius 3 is 2.55 bits per heavy atom. The van der Waals surface area contributed by atoms with Crippen LogP contribution in [0.2, 0.25) is 0 Å². The zero-order chi connectivity index (χ0) is 13.8. The van der Waals surface area contributed by atoms with Gasteiger partial charge in [-0.3, -0.25) is 4.90 Å². The minimum atomic E-state index is -0.243. The predicted octanol–water partition coefficient (Wildman–Crippen LogP) is 1.69. The molecule has 2 aromatic rings. The third-order valence-corrected chi connectivity index (χ3v) is 3.44. The Balaban J connectivity index is 1.71. The van der Waals surface area contributed by atoms with E-state index in [-0.39, 0.29) is 5.82 Å². The van der Waals surface area contributed by atoms with Crippen LogP contribution in [0, 0.1) is 5.82 Å². The maximum atomic E-state index is 13.2. The van der Waals surface area contributed by atoms with Gasteiger partial charge >= 0.3 is 0 Å². The van der Waals surface area contributed by atoms with E-state index in [0.29, 0.717) is 0 Å². The Morgan fingerprint density at radius 2 is 1.85 bits per heavy atom. The summed E-state index contributed by atoms with van der Waals surface area (Å²) in [5.74, 6) is 0.569. The molecule has 0 saturated carbocycles. The molecule has 0 unspecified atom stereocenters. The summed E-state index contributed by atoms with van der Waals surface area (Å²) in [6.45, 7) is 4.85. The van der Waals surface area contributed by atoms with Gasteiger partial charge in [0.05, 0.1) is 6.54 Å². The lowest BCUT2D eigenvalue weighted by molar-refractivity contribution is 0.228. The van der Waals surface area contributed by atoms with Crippen LogP contribution < -0.4 is 5.32 Å². The van der Waals surface area contributed by atoms with Crippen molar-refractivity contribution in [1.29, 1.82) is 0 Å². The van der Waals surface area contributed by atoms with E-state index in [2.05, 4.69) is 20.2 Å². The molecule has 1 aromatic carbocycles. The zero-order valence-electron chi connectivity index (χ0n) is 11.2. The molecule has 1 aromatic heterocycles. The number of benzene rings is 1. The quantitative estimate of drug-likeness (QED) is 0.923. The largest absolute Gasteiger partial charge is 0.314 e. The molecule has 20 heavy (non-hydrogen) atoms. The first-order valence-electron chi connectivity index (χ1n) is 6.81. The molecule has 1 saturated heterocycles. The lowest BCUT2D eigenvalue weighted by Gasteiger charge is -2.26. The number of hydrogen-bond acceptors (Lipinski definition) is 4. The fourth-order valence-corrected chi connectivity index (χ4v) is 2.32. The van der Waals surface area contributed by atoms with Crippen molar-refractivity contribution in [2.75, 3.05) is 26.2 Å². The number of nitrogens with one attached hydrogen (secondary N) is 1. The van der Waals surface area contributed by atoms with Gasteiger partial charge in [0.1, 0.15) is 11.6 Å². The first kappa shape index (κ1) is 13.1. The van der Waals surface area contributed by atoms with Crippen LogP contribution >= 0.6 is 0 Å². The minimum absolute atomic E-state index is 0.243. The van der Waals surface area contributed by atoms with Crippen LogP contribution in [0.5, 0.6) is 0 Å². The highest BCUT2D eigenvalue weighted by Gasteiger charge is 2.11. The van der Waals surface area contributed by atoms with Gasteiger partial charge in [-0.15, -0.1) is 0 Å². The number of halogens is 1. The van der Waals surface area contributed by atoms with Crippen LogP contribution in [0.25, 0.3) is 11.1 Å². The fourth-order valence-electron chi connectivity index (χ4n) is 2.32. The van der Waals surface area contributed by atoms with Gasteiger partial charge < -0.3 is 5.32 Å². The maximum absolute atomic E-state index is 13.2. The third-order valence-electron chi connectivity index (χ3n) is 3.44. The number of rotatable bonds is 3. The fraction of sp³-hybridized carbons (Fsp3) is 0.333. The van der Waals surface area contributed by atoms with Crippen LogP contribution in [0.15, 0.2) is 36.7 Å². The molecule has 0 spiro atoms. The molecule has 1 aliphatic heterocycles. The summed E-state index contributed by atoms with van der Waals surface area (Å²) in [5, 5.41) is 3.32. The van der Waals surface area contributed by atoms with Crippen LogP contribution in [-0.2, 0) is 6.54 Å². The average molecular weight is 272 g/mol. The lowest BCUT2D eigenvalue weighted by atomic mass is 10.1. The summed E-state index contributed by atoms with van der Waals surface area (Å²) in [5.41, 5.74) is 1.65. The summed E-state index contributed by atoms with van der Waals surface area (Å²) in [6, 6.07) is 6.48. The average Bonchev–Trinajstić information content (AvgIpc) is 2.49. The van der Waals surface area contributed by atoms with Gasteiger partial charge in [0, 0.05) is 44.1 Å². The van der Waals surface area contributed by atoms with E-state index in [9.17, 15) is 4.39 Å². The topological polar surface area (TPSA) is 41.1 Å². The van der Waals surface area contributed by atoms with Gasteiger partial charge in [-0.25, -0.2) is 14.4 Å². The van der Waals surface area contributed by atoms with Gasteiger partial charge in [-0.05, 0) is 17.7 Å². The van der Waals surface area contributed by atoms with E-state index < -0.39 is 0 Å². The van der Waals surface area contributed by atoms with E-state index >= 15 is 0 Å². The summed E-state index contributed by atoms with van der Waals surface area (Å²) in [4.78, 5) is 11.1. The highest BCUT2D eigenvalue weighted by molar-refractivity contribution is 5.61. The predicted molar refractivity (Wildman–Crippen MR) is 75.6 cm³/mol. The van der Waals surface area contributed by atoms with Crippen LogP contribution in [0.1, 0.15) is 5.82 Å². The normalized spacial score (nSPS) is 16.2. The van der Waals surface area contributed by atoms with E-state index in [4.69, 9.17) is 0 Å². The lowest BCUT2D eigenvalue weighted by Crippen LogP contribution is -2.43. The molecule has 104 valence electrons. The van der Waals surface area contributed by atoms with Gasteiger partial charge in [0.25, 0.3) is 0 Å². The van der Waals surface area contributed by atoms with Crippen LogP contribution in [-0.4, -0.2) is 41.0 Å². The van der Waals surface area contributed by atoms with Crippen LogP contribution in [0.4, 0.5) is 4.39 Å². The summed E-state index contributed by atoms with van der Waals surface area (Å²) < 4.78 is 13.2. The summed E-state index contributed by atoms with van der Waals surface area (Å²) in [6.07, 6.45) is 3.53. The molecule has 0 atom stereocenters. The molecule has 4 nitrogen and oxygen atoms in total. The Morgan fingerprint density at radius 1 is 1.10 bits per heavy atom. The molecule has 0 radical (unpaired) electrons. The second-order valence-electron chi connectivity index (χ2n) is 4.92. The molecule has 3 rings (SSSR count). The van der Waals surface area contributed by atoms with E-state index in [1.54, 1.807) is 18.5 Å². The van der Waals surface area contributed by atoms with Gasteiger partial charge in [-0.2, -0.15) is 0 Å². The summed E-state index contributed by atoms with van der Waals surface area (Å²) in [7, 11) is 0. The first-order valence-corrected chi connectivity index (χ1v) is 6.81. The van der Waals surface area contributed by atoms with Crippen molar-refractivity contribution in [2.24, 2.45) is 0 Å². The van der Waals surface area contributed by atoms with Crippen molar-refractivity contribution < 1.29 is 4.39 Å². The van der Waals surface area contributed by atoms with Crippen molar-refractivity contribution in [3.63, 3.8) is 0 Å². The Labute approximate surface area is 117 Å². The molecule has 0 amide bonds. The molecular formula is C15H17FN4. The molecular weight excluding hydrogens is 255 g/mol. The molecule has 0 bridgehead atoms. The van der Waals surface area contributed by atoms with Crippen molar-refractivity contribution in [3.8, 4) is 11.1 Å². The first-order chi connectivity index (χ1) is 9.81. The van der Waals surface area contributed by atoms with Crippen molar-refractivity contribution in [2.45, 2.75) is 6.54 Å². The highest BCUT2D eigenvalue weighted by atomic mass is 19.1. The van der Waals surface area contributed by atoms with Gasteiger partial charge in [-0.1, -0.05) is 12.1 Å². The second-order valence-corrected chi connectivity index (χ2v) is 4.92. The molecule has 1 aliphatic rings. The smallest absolute Gasteiger partial charge is 0.142 e. The molecule has 2 heterocycles. The Bertz CT molecular complexity index is 564. The van der Waals surface area contributed by atoms with E-state index in [1.807, 2.05) is 6.07 Å². The van der Waals surface area contributed by atoms with Gasteiger partial charge in [0.15, 0.2) is 0 Å². The molecule has 5 heteroatoms. The van der Waals surface area contributed by atoms with E-state index in [1.165, 1.54) is 12.1 Å². The van der Waals surface area contributed by atoms with Crippen molar-refractivity contribution in [1.82, 2.24) is 20.2 Å². The van der Waals surface area contributed by atoms with E-state index in [0.717, 1.165) is 49.7 Å². The number of aromatic nitrogens is 2. The number of piperazine rings is 1. The van der Waals surface area contributed by atoms with Crippen molar-refractivity contribution in [3.05, 3.63) is 48.3 Å². The SMILES string of the molecule is Fc1cccc(-c2cnc(CN3CCNCC3)nc2)c1. The molecule has 0 aliphatic carbocycles. The van der Waals surface area contributed by atoms with Crippen molar-refractivity contribution >= 4 is 0 Å². The molecule has 1 fully saturated rings. The Hall–Kier alpha value is -1.85. The maximum Gasteiger partial charge on any atom is 0.142 e. The minimum Gasteiger partial charge on any atom is -0.314 e. The Kier molecular flexibility index (Phi) is 3.99.